The molecule has 4 N–H and O–H groups in total. The molecule has 0 aromatic heterocycles. The van der Waals surface area contributed by atoms with Gasteiger partial charge in [0.25, 0.3) is 0 Å². The third kappa shape index (κ3) is 6.04. The maximum atomic E-state index is 9.99. The van der Waals surface area contributed by atoms with Crippen molar-refractivity contribution in [1.82, 2.24) is 4.90 Å². The lowest BCUT2D eigenvalue weighted by Gasteiger charge is -2.43. The minimum absolute atomic E-state index is 0.234. The first-order chi connectivity index (χ1) is 14.1. The van der Waals surface area contributed by atoms with E-state index in [2.05, 4.69) is 0 Å². The predicted octanol–water partition coefficient (Wildman–Crippen LogP) is 0.294. The fourth-order valence-electron chi connectivity index (χ4n) is 3.90. The first-order valence-corrected chi connectivity index (χ1v) is 10.5. The molecule has 0 radical (unpaired) electrons. The van der Waals surface area contributed by atoms with Crippen LogP contribution in [0.1, 0.15) is 31.2 Å². The maximum absolute atomic E-state index is 9.99. The van der Waals surface area contributed by atoms with Crippen LogP contribution in [-0.2, 0) is 11.2 Å². The van der Waals surface area contributed by atoms with Crippen molar-refractivity contribution in [2.75, 3.05) is 39.7 Å². The van der Waals surface area contributed by atoms with E-state index in [0.717, 1.165) is 50.2 Å². The van der Waals surface area contributed by atoms with Gasteiger partial charge in [0.1, 0.15) is 12.2 Å². The van der Waals surface area contributed by atoms with E-state index in [-0.39, 0.29) is 19.9 Å². The van der Waals surface area contributed by atoms with E-state index in [1.807, 2.05) is 23.1 Å². The summed E-state index contributed by atoms with van der Waals surface area (Å²) in [4.78, 5) is 1.87. The van der Waals surface area contributed by atoms with Gasteiger partial charge in [-0.1, -0.05) is 18.9 Å². The van der Waals surface area contributed by atoms with Gasteiger partial charge in [-0.25, -0.2) is 0 Å². The molecule has 1 aromatic rings. The van der Waals surface area contributed by atoms with Crippen LogP contribution >= 0.6 is 0 Å². The maximum Gasteiger partial charge on any atom is 0.231 e. The number of rotatable bonds is 11. The quantitative estimate of drug-likeness (QED) is 0.385. The molecule has 2 heterocycles. The standard InChI is InChI=1S/C21H33NO7/c23-13-16-20(25)21(26)17(24)12-22(16)8-3-1-2-4-9-27-10-7-15-5-6-18-19(11-15)29-14-28-18/h5-6,11,16-17,20-21,23-26H,1-4,7-10,12-14H2/t16-,17+,20-,21-/m1/s1. The largest absolute Gasteiger partial charge is 0.454 e. The molecule has 0 unspecified atom stereocenters. The van der Waals surface area contributed by atoms with Gasteiger partial charge in [0, 0.05) is 13.2 Å². The molecular weight excluding hydrogens is 378 g/mol. The monoisotopic (exact) mass is 411 g/mol. The average molecular weight is 411 g/mol. The summed E-state index contributed by atoms with van der Waals surface area (Å²) in [5.74, 6) is 1.60. The van der Waals surface area contributed by atoms with Gasteiger partial charge >= 0.3 is 0 Å². The molecule has 2 aliphatic heterocycles. The van der Waals surface area contributed by atoms with Crippen LogP contribution in [0.25, 0.3) is 0 Å². The first kappa shape index (κ1) is 22.3. The molecular formula is C21H33NO7. The van der Waals surface area contributed by atoms with Crippen LogP contribution in [0.15, 0.2) is 18.2 Å². The van der Waals surface area contributed by atoms with E-state index in [1.54, 1.807) is 0 Å². The SMILES string of the molecule is OC[C@@H]1[C@@H](O)[C@H](O)[C@@H](O)CN1CCCCCCOCCc1ccc2c(c1)OCO2. The molecule has 2 aliphatic rings. The minimum atomic E-state index is -1.20. The van der Waals surface area contributed by atoms with Crippen LogP contribution in [-0.4, -0.2) is 89.4 Å². The smallest absolute Gasteiger partial charge is 0.231 e. The molecule has 8 nitrogen and oxygen atoms in total. The van der Waals surface area contributed by atoms with Gasteiger partial charge in [0.15, 0.2) is 11.5 Å². The second kappa shape index (κ2) is 11.1. The van der Waals surface area contributed by atoms with Crippen molar-refractivity contribution < 1.29 is 34.6 Å². The lowest BCUT2D eigenvalue weighted by Crippen LogP contribution is -2.62. The number of unbranched alkanes of at least 4 members (excludes halogenated alkanes) is 3. The van der Waals surface area contributed by atoms with E-state index in [1.165, 1.54) is 5.56 Å². The molecule has 0 amide bonds. The Morgan fingerprint density at radius 1 is 0.966 bits per heavy atom. The fraction of sp³-hybridized carbons (Fsp3) is 0.714. The molecule has 164 valence electrons. The van der Waals surface area contributed by atoms with E-state index in [9.17, 15) is 20.4 Å². The first-order valence-electron chi connectivity index (χ1n) is 10.5. The second-order valence-electron chi connectivity index (χ2n) is 7.76. The molecule has 1 saturated heterocycles. The van der Waals surface area contributed by atoms with Gasteiger partial charge in [-0.15, -0.1) is 0 Å². The summed E-state index contributed by atoms with van der Waals surface area (Å²) < 4.78 is 16.4. The normalized spacial score (nSPS) is 26.8. The van der Waals surface area contributed by atoms with Crippen molar-refractivity contribution in [2.24, 2.45) is 0 Å². The molecule has 4 atom stereocenters. The Morgan fingerprint density at radius 3 is 2.59 bits per heavy atom. The van der Waals surface area contributed by atoms with Crippen molar-refractivity contribution in [2.45, 2.75) is 56.5 Å². The van der Waals surface area contributed by atoms with Gasteiger partial charge in [0.2, 0.25) is 6.79 Å². The van der Waals surface area contributed by atoms with Crippen LogP contribution in [0.4, 0.5) is 0 Å². The van der Waals surface area contributed by atoms with Crippen molar-refractivity contribution >= 4 is 0 Å². The molecule has 8 heteroatoms. The van der Waals surface area contributed by atoms with Crippen LogP contribution < -0.4 is 9.47 Å². The zero-order valence-electron chi connectivity index (χ0n) is 16.8. The summed E-state index contributed by atoms with van der Waals surface area (Å²) in [5.41, 5.74) is 1.17. The molecule has 0 bridgehead atoms. The Kier molecular flexibility index (Phi) is 8.53. The Morgan fingerprint density at radius 2 is 1.76 bits per heavy atom. The van der Waals surface area contributed by atoms with E-state index < -0.39 is 24.4 Å². The van der Waals surface area contributed by atoms with Gasteiger partial charge in [-0.2, -0.15) is 0 Å². The summed E-state index contributed by atoms with van der Waals surface area (Å²) in [6.45, 7) is 2.39. The van der Waals surface area contributed by atoms with Crippen molar-refractivity contribution in [3.63, 3.8) is 0 Å². The zero-order valence-corrected chi connectivity index (χ0v) is 16.8. The van der Waals surface area contributed by atoms with Gasteiger partial charge in [-0.05, 0) is 43.5 Å². The number of fused-ring (bicyclic) bond motifs is 1. The number of aliphatic hydroxyl groups excluding tert-OH is 4. The van der Waals surface area contributed by atoms with Crippen LogP contribution in [0.5, 0.6) is 11.5 Å². The highest BCUT2D eigenvalue weighted by Gasteiger charge is 2.40. The van der Waals surface area contributed by atoms with Crippen molar-refractivity contribution in [1.29, 1.82) is 0 Å². The third-order valence-electron chi connectivity index (χ3n) is 5.67. The molecule has 3 rings (SSSR count). The highest BCUT2D eigenvalue weighted by Crippen LogP contribution is 2.32. The lowest BCUT2D eigenvalue weighted by molar-refractivity contribution is -0.145. The minimum Gasteiger partial charge on any atom is -0.454 e. The number of piperidine rings is 1. The highest BCUT2D eigenvalue weighted by atomic mass is 16.7. The van der Waals surface area contributed by atoms with Gasteiger partial charge < -0.3 is 34.6 Å². The van der Waals surface area contributed by atoms with E-state index in [0.29, 0.717) is 13.2 Å². The molecule has 29 heavy (non-hydrogen) atoms. The zero-order chi connectivity index (χ0) is 20.6. The summed E-state index contributed by atoms with van der Waals surface area (Å²) in [5, 5.41) is 39.0. The number of hydrogen-bond acceptors (Lipinski definition) is 8. The molecule has 1 aromatic carbocycles. The summed E-state index contributed by atoms with van der Waals surface area (Å²) in [7, 11) is 0. The number of β-amino-alcohol motifs (C(OH)–C–C–N with tert-alkyl or cyclic N) is 1. The van der Waals surface area contributed by atoms with Crippen LogP contribution in [0, 0.1) is 0 Å². The Hall–Kier alpha value is -1.42. The number of nitrogens with zero attached hydrogens (tertiary/aromatic N) is 1. The molecule has 0 aliphatic carbocycles. The average Bonchev–Trinajstić information content (AvgIpc) is 3.19. The third-order valence-corrected chi connectivity index (χ3v) is 5.67. The Balaban J connectivity index is 1.22. The molecule has 0 spiro atoms. The van der Waals surface area contributed by atoms with Gasteiger partial charge in [-0.3, -0.25) is 4.90 Å². The summed E-state index contributed by atoms with van der Waals surface area (Å²) >= 11 is 0. The Bertz CT molecular complexity index is 629. The van der Waals surface area contributed by atoms with E-state index in [4.69, 9.17) is 14.2 Å². The lowest BCUT2D eigenvalue weighted by atomic mass is 9.94. The fourth-order valence-corrected chi connectivity index (χ4v) is 3.90. The van der Waals surface area contributed by atoms with Crippen LogP contribution in [0.2, 0.25) is 0 Å². The number of benzene rings is 1. The van der Waals surface area contributed by atoms with Crippen molar-refractivity contribution in [3.05, 3.63) is 23.8 Å². The summed E-state index contributed by atoms with van der Waals surface area (Å²) in [6, 6.07) is 5.44. The van der Waals surface area contributed by atoms with E-state index >= 15 is 0 Å². The summed E-state index contributed by atoms with van der Waals surface area (Å²) in [6.07, 6.45) is 1.47. The van der Waals surface area contributed by atoms with Crippen LogP contribution in [0.3, 0.4) is 0 Å². The number of likely N-dealkylation sites (tertiary alicyclic amines) is 1. The topological polar surface area (TPSA) is 112 Å². The predicted molar refractivity (Wildman–Crippen MR) is 106 cm³/mol. The van der Waals surface area contributed by atoms with Crippen molar-refractivity contribution in [3.8, 4) is 11.5 Å². The number of aliphatic hydroxyl groups is 4. The second-order valence-corrected chi connectivity index (χ2v) is 7.76. The Labute approximate surface area is 171 Å². The molecule has 1 fully saturated rings. The number of hydrogen-bond donors (Lipinski definition) is 4. The highest BCUT2D eigenvalue weighted by molar-refractivity contribution is 5.44. The number of ether oxygens (including phenoxy) is 3. The molecule has 0 saturated carbocycles. The van der Waals surface area contributed by atoms with Gasteiger partial charge in [0.05, 0.1) is 25.4 Å².